The van der Waals surface area contributed by atoms with E-state index in [9.17, 15) is 14.0 Å². The number of carbonyl (C=O) groups excluding carboxylic acids is 2. The number of nitrogens with one attached hydrogen (secondary N) is 1. The third kappa shape index (κ3) is 6.79. The van der Waals surface area contributed by atoms with Crippen molar-refractivity contribution in [2.45, 2.75) is 32.7 Å². The zero-order chi connectivity index (χ0) is 26.9. The van der Waals surface area contributed by atoms with E-state index in [-0.39, 0.29) is 18.4 Å². The number of aromatic nitrogens is 1. The summed E-state index contributed by atoms with van der Waals surface area (Å²) < 4.78 is 18.7. The van der Waals surface area contributed by atoms with Crippen LogP contribution in [-0.2, 0) is 17.8 Å². The van der Waals surface area contributed by atoms with Crippen LogP contribution in [0.15, 0.2) is 79.0 Å². The molecule has 0 saturated heterocycles. The molecule has 0 fully saturated rings. The van der Waals surface area contributed by atoms with Crippen molar-refractivity contribution in [3.05, 3.63) is 102 Å². The fourth-order valence-electron chi connectivity index (χ4n) is 4.48. The Balaban J connectivity index is 1.54. The molecule has 0 unspecified atom stereocenters. The van der Waals surface area contributed by atoms with Crippen LogP contribution in [0.25, 0.3) is 10.9 Å². The Morgan fingerprint density at radius 3 is 2.37 bits per heavy atom. The molecule has 7 heteroatoms. The fraction of sp³-hybridized carbons (Fsp3) is 0.290. The van der Waals surface area contributed by atoms with Crippen molar-refractivity contribution in [3.8, 4) is 5.75 Å². The van der Waals surface area contributed by atoms with Gasteiger partial charge in [-0.2, -0.15) is 0 Å². The average Bonchev–Trinajstić information content (AvgIpc) is 3.36. The highest BCUT2D eigenvalue weighted by molar-refractivity contribution is 5.96. The Morgan fingerprint density at radius 1 is 0.921 bits per heavy atom. The van der Waals surface area contributed by atoms with Gasteiger partial charge in [0, 0.05) is 42.3 Å². The van der Waals surface area contributed by atoms with Crippen molar-refractivity contribution in [2.75, 3.05) is 26.7 Å². The lowest BCUT2D eigenvalue weighted by Gasteiger charge is -2.28. The van der Waals surface area contributed by atoms with Gasteiger partial charge in [-0.15, -0.1) is 0 Å². The first-order valence-corrected chi connectivity index (χ1v) is 13.0. The summed E-state index contributed by atoms with van der Waals surface area (Å²) in [5, 5.41) is 1.14. The first kappa shape index (κ1) is 26.9. The number of carbonyl (C=O) groups is 2. The van der Waals surface area contributed by atoms with E-state index >= 15 is 0 Å². The summed E-state index contributed by atoms with van der Waals surface area (Å²) in [6, 6.07) is 21.2. The summed E-state index contributed by atoms with van der Waals surface area (Å²) in [6.07, 6.45) is 4.32. The van der Waals surface area contributed by atoms with E-state index in [1.165, 1.54) is 24.3 Å². The van der Waals surface area contributed by atoms with E-state index in [1.54, 1.807) is 16.9 Å². The molecule has 0 aliphatic rings. The van der Waals surface area contributed by atoms with Gasteiger partial charge in [0.05, 0.1) is 7.11 Å². The number of benzene rings is 3. The molecule has 198 valence electrons. The number of aromatic amines is 1. The molecule has 0 saturated carbocycles. The van der Waals surface area contributed by atoms with Gasteiger partial charge in [0.1, 0.15) is 18.1 Å². The first-order chi connectivity index (χ1) is 18.5. The summed E-state index contributed by atoms with van der Waals surface area (Å²) in [4.78, 5) is 33.6. The van der Waals surface area contributed by atoms with Crippen LogP contribution in [0.4, 0.5) is 4.39 Å². The first-order valence-electron chi connectivity index (χ1n) is 13.0. The number of methoxy groups -OCH3 is 1. The Morgan fingerprint density at radius 2 is 1.66 bits per heavy atom. The number of rotatable bonds is 12. The molecule has 4 aromatic rings. The molecular formula is C31H34FN3O3. The second-order valence-electron chi connectivity index (χ2n) is 9.36. The van der Waals surface area contributed by atoms with Gasteiger partial charge >= 0.3 is 0 Å². The zero-order valence-electron chi connectivity index (χ0n) is 22.0. The monoisotopic (exact) mass is 515 g/mol. The Hall–Kier alpha value is -4.13. The fourth-order valence-corrected chi connectivity index (χ4v) is 4.48. The van der Waals surface area contributed by atoms with Crippen molar-refractivity contribution >= 4 is 22.7 Å². The van der Waals surface area contributed by atoms with Gasteiger partial charge in [0.15, 0.2) is 0 Å². The minimum absolute atomic E-state index is 0.0414. The van der Waals surface area contributed by atoms with Crippen LogP contribution in [0.5, 0.6) is 5.75 Å². The van der Waals surface area contributed by atoms with Gasteiger partial charge < -0.3 is 19.5 Å². The van der Waals surface area contributed by atoms with E-state index in [2.05, 4.69) is 11.1 Å². The van der Waals surface area contributed by atoms with Gasteiger partial charge in [-0.25, -0.2) is 4.39 Å². The maximum atomic E-state index is 13.7. The summed E-state index contributed by atoms with van der Waals surface area (Å²) in [7, 11) is 1.62. The SMILES string of the molecule is CCCCN(CC(=O)N(CCc1c[nH]c2ccccc12)Cc1ccc(OC)cc1)C(=O)c1ccc(F)cc1. The van der Waals surface area contributed by atoms with Crippen LogP contribution < -0.4 is 4.74 Å². The van der Waals surface area contributed by atoms with Crippen molar-refractivity contribution in [3.63, 3.8) is 0 Å². The third-order valence-corrected chi connectivity index (χ3v) is 6.70. The highest BCUT2D eigenvalue weighted by atomic mass is 19.1. The minimum atomic E-state index is -0.402. The Bertz CT molecular complexity index is 1350. The molecule has 0 radical (unpaired) electrons. The minimum Gasteiger partial charge on any atom is -0.497 e. The third-order valence-electron chi connectivity index (χ3n) is 6.70. The van der Waals surface area contributed by atoms with Crippen LogP contribution in [-0.4, -0.2) is 53.3 Å². The van der Waals surface area contributed by atoms with Gasteiger partial charge in [-0.05, 0) is 66.4 Å². The molecule has 1 N–H and O–H groups in total. The standard InChI is InChI=1S/C31H34FN3O3/c1-3-4-18-35(31(37)24-11-13-26(32)14-12-24)22-30(36)34(21-23-9-15-27(38-2)16-10-23)19-17-25-20-33-29-8-6-5-7-28(25)29/h5-16,20,33H,3-4,17-19,21-22H2,1-2H3. The van der Waals surface area contributed by atoms with Crippen LogP contribution in [0.1, 0.15) is 41.3 Å². The molecule has 0 bridgehead atoms. The van der Waals surface area contributed by atoms with E-state index in [1.807, 2.05) is 55.6 Å². The van der Waals surface area contributed by atoms with Crippen LogP contribution in [0.2, 0.25) is 0 Å². The number of fused-ring (bicyclic) bond motifs is 1. The molecule has 0 spiro atoms. The number of H-pyrrole nitrogens is 1. The molecule has 2 amide bonds. The lowest BCUT2D eigenvalue weighted by atomic mass is 10.1. The highest BCUT2D eigenvalue weighted by Gasteiger charge is 2.23. The van der Waals surface area contributed by atoms with E-state index in [0.29, 0.717) is 31.6 Å². The molecule has 1 aromatic heterocycles. The van der Waals surface area contributed by atoms with E-state index in [4.69, 9.17) is 4.74 Å². The molecule has 6 nitrogen and oxygen atoms in total. The molecule has 0 aliphatic heterocycles. The normalized spacial score (nSPS) is 10.9. The second-order valence-corrected chi connectivity index (χ2v) is 9.36. The molecule has 1 heterocycles. The summed E-state index contributed by atoms with van der Waals surface area (Å²) in [5.74, 6) is -0.0539. The Kier molecular flexibility index (Phi) is 9.14. The second kappa shape index (κ2) is 12.9. The van der Waals surface area contributed by atoms with Gasteiger partial charge in [0.25, 0.3) is 5.91 Å². The number of nitrogens with zero attached hydrogens (tertiary/aromatic N) is 2. The van der Waals surface area contributed by atoms with E-state index in [0.717, 1.165) is 40.6 Å². The predicted octanol–water partition coefficient (Wildman–Crippen LogP) is 5.83. The average molecular weight is 516 g/mol. The molecular weight excluding hydrogens is 481 g/mol. The molecule has 0 aliphatic carbocycles. The van der Waals surface area contributed by atoms with Crippen LogP contribution in [0.3, 0.4) is 0 Å². The topological polar surface area (TPSA) is 65.6 Å². The summed E-state index contributed by atoms with van der Waals surface area (Å²) in [6.45, 7) is 3.37. The van der Waals surface area contributed by atoms with Crippen molar-refractivity contribution in [1.82, 2.24) is 14.8 Å². The number of amides is 2. The number of unbranched alkanes of at least 4 members (excludes halogenated alkanes) is 1. The lowest BCUT2D eigenvalue weighted by Crippen LogP contribution is -2.43. The van der Waals surface area contributed by atoms with Gasteiger partial charge in [-0.1, -0.05) is 43.7 Å². The van der Waals surface area contributed by atoms with Crippen molar-refractivity contribution < 1.29 is 18.7 Å². The quantitative estimate of drug-likeness (QED) is 0.258. The molecule has 4 rings (SSSR count). The zero-order valence-corrected chi connectivity index (χ0v) is 22.0. The van der Waals surface area contributed by atoms with E-state index < -0.39 is 5.82 Å². The van der Waals surface area contributed by atoms with Gasteiger partial charge in [0.2, 0.25) is 5.91 Å². The van der Waals surface area contributed by atoms with Crippen LogP contribution in [0, 0.1) is 5.82 Å². The number of hydrogen-bond acceptors (Lipinski definition) is 3. The largest absolute Gasteiger partial charge is 0.497 e. The highest BCUT2D eigenvalue weighted by Crippen LogP contribution is 2.20. The summed E-state index contributed by atoms with van der Waals surface area (Å²) >= 11 is 0. The number of halogens is 1. The van der Waals surface area contributed by atoms with Crippen molar-refractivity contribution in [1.29, 1.82) is 0 Å². The predicted molar refractivity (Wildman–Crippen MR) is 148 cm³/mol. The summed E-state index contributed by atoms with van der Waals surface area (Å²) in [5.41, 5.74) is 3.54. The maximum Gasteiger partial charge on any atom is 0.254 e. The molecule has 0 atom stereocenters. The molecule has 3 aromatic carbocycles. The van der Waals surface area contributed by atoms with Gasteiger partial charge in [-0.3, -0.25) is 9.59 Å². The van der Waals surface area contributed by atoms with Crippen LogP contribution >= 0.6 is 0 Å². The number of hydrogen-bond donors (Lipinski definition) is 1. The number of ether oxygens (including phenoxy) is 1. The molecule has 38 heavy (non-hydrogen) atoms. The van der Waals surface area contributed by atoms with Crippen molar-refractivity contribution in [2.24, 2.45) is 0 Å². The smallest absolute Gasteiger partial charge is 0.254 e. The Labute approximate surface area is 223 Å². The lowest BCUT2D eigenvalue weighted by molar-refractivity contribution is -0.132. The maximum absolute atomic E-state index is 13.7. The number of para-hydroxylation sites is 1.